The summed E-state index contributed by atoms with van der Waals surface area (Å²) >= 11 is 0. The van der Waals surface area contributed by atoms with Crippen molar-refractivity contribution < 1.29 is 18.4 Å². The van der Waals surface area contributed by atoms with Gasteiger partial charge >= 0.3 is 0 Å². The minimum absolute atomic E-state index is 0.124. The van der Waals surface area contributed by atoms with Crippen molar-refractivity contribution in [2.75, 3.05) is 0 Å². The second kappa shape index (κ2) is 5.06. The highest BCUT2D eigenvalue weighted by Gasteiger charge is 2.26. The Kier molecular flexibility index (Phi) is 3.24. The highest BCUT2D eigenvalue weighted by atomic mass is 16.4. The SMILES string of the molecule is Cc1ccc(C(c2ccc(C)o2)c2ccc(CO)o2)o1. The molecule has 3 aromatic rings. The van der Waals surface area contributed by atoms with Crippen LogP contribution >= 0.6 is 0 Å². The summed E-state index contributed by atoms with van der Waals surface area (Å²) in [5, 5.41) is 9.14. The highest BCUT2D eigenvalue weighted by Crippen LogP contribution is 2.34. The van der Waals surface area contributed by atoms with Crippen LogP contribution in [0.2, 0.25) is 0 Å². The zero-order chi connectivity index (χ0) is 14.1. The van der Waals surface area contributed by atoms with Crippen LogP contribution in [0.3, 0.4) is 0 Å². The van der Waals surface area contributed by atoms with Crippen LogP contribution in [0.15, 0.2) is 49.6 Å². The third kappa shape index (κ3) is 2.30. The van der Waals surface area contributed by atoms with E-state index >= 15 is 0 Å². The van der Waals surface area contributed by atoms with Crippen LogP contribution in [0.25, 0.3) is 0 Å². The fraction of sp³-hybridized carbons (Fsp3) is 0.250. The molecular weight excluding hydrogens is 256 g/mol. The lowest BCUT2D eigenvalue weighted by molar-refractivity contribution is 0.241. The van der Waals surface area contributed by atoms with Crippen molar-refractivity contribution in [2.45, 2.75) is 26.4 Å². The number of aliphatic hydroxyl groups is 1. The minimum Gasteiger partial charge on any atom is -0.465 e. The minimum atomic E-state index is -0.238. The summed E-state index contributed by atoms with van der Waals surface area (Å²) in [7, 11) is 0. The Hall–Kier alpha value is -2.20. The van der Waals surface area contributed by atoms with Gasteiger partial charge in [-0.2, -0.15) is 0 Å². The van der Waals surface area contributed by atoms with E-state index < -0.39 is 0 Å². The molecule has 0 fully saturated rings. The van der Waals surface area contributed by atoms with E-state index in [1.165, 1.54) is 0 Å². The molecule has 0 spiro atoms. The van der Waals surface area contributed by atoms with E-state index in [1.807, 2.05) is 44.2 Å². The van der Waals surface area contributed by atoms with Crippen molar-refractivity contribution in [2.24, 2.45) is 0 Å². The molecule has 0 aliphatic carbocycles. The predicted octanol–water partition coefficient (Wildman–Crippen LogP) is 3.75. The van der Waals surface area contributed by atoms with E-state index in [2.05, 4.69) is 0 Å². The van der Waals surface area contributed by atoms with Crippen LogP contribution in [0.1, 0.15) is 40.5 Å². The van der Waals surface area contributed by atoms with Gasteiger partial charge in [-0.25, -0.2) is 0 Å². The average molecular weight is 272 g/mol. The standard InChI is InChI=1S/C16H16O4/c1-10-3-6-13(18-10)16(14-7-4-11(2)19-14)15-8-5-12(9-17)20-15/h3-8,16-17H,9H2,1-2H3. The number of hydrogen-bond acceptors (Lipinski definition) is 4. The van der Waals surface area contributed by atoms with E-state index in [-0.39, 0.29) is 12.5 Å². The third-order valence-electron chi connectivity index (χ3n) is 3.21. The van der Waals surface area contributed by atoms with Crippen molar-refractivity contribution in [1.29, 1.82) is 0 Å². The number of aliphatic hydroxyl groups excluding tert-OH is 1. The van der Waals surface area contributed by atoms with Gasteiger partial charge < -0.3 is 18.4 Å². The van der Waals surface area contributed by atoms with E-state index in [0.717, 1.165) is 23.0 Å². The Morgan fingerprint density at radius 3 is 1.70 bits per heavy atom. The fourth-order valence-corrected chi connectivity index (χ4v) is 2.27. The number of hydrogen-bond donors (Lipinski definition) is 1. The van der Waals surface area contributed by atoms with Gasteiger partial charge in [-0.15, -0.1) is 0 Å². The molecule has 0 amide bonds. The Labute approximate surface area is 116 Å². The molecule has 0 aliphatic heterocycles. The Balaban J connectivity index is 2.07. The van der Waals surface area contributed by atoms with Gasteiger partial charge in [0, 0.05) is 0 Å². The van der Waals surface area contributed by atoms with Crippen molar-refractivity contribution in [3.05, 3.63) is 71.0 Å². The smallest absolute Gasteiger partial charge is 0.133 e. The fourth-order valence-electron chi connectivity index (χ4n) is 2.27. The van der Waals surface area contributed by atoms with E-state index in [0.29, 0.717) is 11.5 Å². The van der Waals surface area contributed by atoms with Crippen LogP contribution in [0.4, 0.5) is 0 Å². The molecule has 104 valence electrons. The Bertz CT molecular complexity index is 661. The lowest BCUT2D eigenvalue weighted by atomic mass is 10.0. The van der Waals surface area contributed by atoms with Crippen LogP contribution < -0.4 is 0 Å². The molecule has 0 unspecified atom stereocenters. The molecule has 0 saturated carbocycles. The third-order valence-corrected chi connectivity index (χ3v) is 3.21. The predicted molar refractivity (Wildman–Crippen MR) is 72.5 cm³/mol. The molecule has 3 rings (SSSR count). The van der Waals surface area contributed by atoms with E-state index in [4.69, 9.17) is 18.4 Å². The molecule has 0 aromatic carbocycles. The van der Waals surface area contributed by atoms with Crippen LogP contribution in [0.5, 0.6) is 0 Å². The molecule has 4 heteroatoms. The first-order valence-electron chi connectivity index (χ1n) is 6.49. The Morgan fingerprint density at radius 2 is 1.30 bits per heavy atom. The normalized spacial score (nSPS) is 11.4. The second-order valence-corrected chi connectivity index (χ2v) is 4.79. The quantitative estimate of drug-likeness (QED) is 0.785. The van der Waals surface area contributed by atoms with Crippen molar-refractivity contribution in [3.63, 3.8) is 0 Å². The molecule has 4 nitrogen and oxygen atoms in total. The van der Waals surface area contributed by atoms with Crippen LogP contribution in [-0.4, -0.2) is 5.11 Å². The monoisotopic (exact) mass is 272 g/mol. The number of aryl methyl sites for hydroxylation is 2. The Morgan fingerprint density at radius 1 is 0.800 bits per heavy atom. The molecular formula is C16H16O4. The topological polar surface area (TPSA) is 59.7 Å². The summed E-state index contributed by atoms with van der Waals surface area (Å²) in [6, 6.07) is 11.2. The maximum atomic E-state index is 9.14. The summed E-state index contributed by atoms with van der Waals surface area (Å²) < 4.78 is 17.1. The summed E-state index contributed by atoms with van der Waals surface area (Å²) in [4.78, 5) is 0. The largest absolute Gasteiger partial charge is 0.465 e. The zero-order valence-corrected chi connectivity index (χ0v) is 11.4. The molecule has 0 bridgehead atoms. The summed E-state index contributed by atoms with van der Waals surface area (Å²) in [5.74, 6) is 4.17. The molecule has 1 N–H and O–H groups in total. The van der Waals surface area contributed by atoms with Crippen LogP contribution in [0, 0.1) is 13.8 Å². The lowest BCUT2D eigenvalue weighted by Crippen LogP contribution is -1.99. The van der Waals surface area contributed by atoms with Crippen molar-refractivity contribution >= 4 is 0 Å². The molecule has 0 aliphatic rings. The first-order chi connectivity index (χ1) is 9.67. The molecule has 3 aromatic heterocycles. The van der Waals surface area contributed by atoms with Gasteiger partial charge in [0.1, 0.15) is 47.1 Å². The maximum Gasteiger partial charge on any atom is 0.133 e. The number of furan rings is 3. The molecule has 20 heavy (non-hydrogen) atoms. The van der Waals surface area contributed by atoms with Crippen molar-refractivity contribution in [1.82, 2.24) is 0 Å². The molecule has 0 atom stereocenters. The van der Waals surface area contributed by atoms with Gasteiger partial charge in [-0.05, 0) is 50.2 Å². The molecule has 0 radical (unpaired) electrons. The summed E-state index contributed by atoms with van der Waals surface area (Å²) in [6.07, 6.45) is 0. The zero-order valence-electron chi connectivity index (χ0n) is 11.4. The van der Waals surface area contributed by atoms with E-state index in [1.54, 1.807) is 6.07 Å². The van der Waals surface area contributed by atoms with Gasteiger partial charge in [-0.1, -0.05) is 0 Å². The molecule has 0 saturated heterocycles. The first kappa shape index (κ1) is 12.8. The van der Waals surface area contributed by atoms with Gasteiger partial charge in [-0.3, -0.25) is 0 Å². The van der Waals surface area contributed by atoms with E-state index in [9.17, 15) is 0 Å². The van der Waals surface area contributed by atoms with Gasteiger partial charge in [0.15, 0.2) is 0 Å². The number of rotatable bonds is 4. The van der Waals surface area contributed by atoms with Gasteiger partial charge in [0.05, 0.1) is 0 Å². The van der Waals surface area contributed by atoms with Gasteiger partial charge in [0.2, 0.25) is 0 Å². The van der Waals surface area contributed by atoms with Crippen LogP contribution in [-0.2, 0) is 6.61 Å². The summed E-state index contributed by atoms with van der Waals surface area (Å²) in [6.45, 7) is 3.67. The summed E-state index contributed by atoms with van der Waals surface area (Å²) in [5.41, 5.74) is 0. The maximum absolute atomic E-state index is 9.14. The average Bonchev–Trinajstić information content (AvgIpc) is 3.13. The highest BCUT2D eigenvalue weighted by molar-refractivity contribution is 5.32. The lowest BCUT2D eigenvalue weighted by Gasteiger charge is -2.09. The first-order valence-corrected chi connectivity index (χ1v) is 6.49. The second-order valence-electron chi connectivity index (χ2n) is 4.79. The molecule has 3 heterocycles. The van der Waals surface area contributed by atoms with Crippen molar-refractivity contribution in [3.8, 4) is 0 Å². The van der Waals surface area contributed by atoms with Gasteiger partial charge in [0.25, 0.3) is 0 Å².